The first kappa shape index (κ1) is 18.4. The first-order valence-corrected chi connectivity index (χ1v) is 8.80. The molecule has 2 aromatic rings. The Morgan fingerprint density at radius 3 is 2.96 bits per heavy atom. The van der Waals surface area contributed by atoms with Gasteiger partial charge in [0.05, 0.1) is 12.6 Å². The largest absolute Gasteiger partial charge is 0.356 e. The molecule has 2 N–H and O–H groups in total. The molecule has 2 amide bonds. The van der Waals surface area contributed by atoms with Gasteiger partial charge in [-0.3, -0.25) is 9.59 Å². The Bertz CT molecular complexity index is 805. The van der Waals surface area contributed by atoms with E-state index in [1.54, 1.807) is 30.5 Å². The molecule has 0 bridgehead atoms. The second kappa shape index (κ2) is 7.88. The number of nitrogens with zero attached hydrogens (tertiary/aromatic N) is 2. The predicted octanol–water partition coefficient (Wildman–Crippen LogP) is 1.99. The van der Waals surface area contributed by atoms with Crippen LogP contribution in [0.25, 0.3) is 0 Å². The van der Waals surface area contributed by atoms with Crippen LogP contribution in [0.4, 0.5) is 0 Å². The van der Waals surface area contributed by atoms with Gasteiger partial charge in [-0.05, 0) is 25.5 Å². The van der Waals surface area contributed by atoms with E-state index in [1.807, 2.05) is 24.6 Å². The molecule has 0 spiro atoms. The molecule has 138 valence electrons. The molecule has 1 saturated heterocycles. The maximum absolute atomic E-state index is 12.7. The second-order valence-corrected chi connectivity index (χ2v) is 6.77. The van der Waals surface area contributed by atoms with Crippen LogP contribution in [0.2, 0.25) is 5.02 Å². The summed E-state index contributed by atoms with van der Waals surface area (Å²) in [5, 5.41) is 6.11. The molecular weight excluding hydrogens is 356 g/mol. The minimum atomic E-state index is -0.866. The number of aromatic nitrogens is 2. The summed E-state index contributed by atoms with van der Waals surface area (Å²) >= 11 is 6.24. The molecule has 2 atom stereocenters. The third-order valence-electron chi connectivity index (χ3n) is 4.24. The summed E-state index contributed by atoms with van der Waals surface area (Å²) in [6.45, 7) is 4.19. The Kier molecular flexibility index (Phi) is 5.58. The van der Waals surface area contributed by atoms with Crippen LogP contribution in [0.15, 0.2) is 36.7 Å². The average Bonchev–Trinajstić information content (AvgIpc) is 3.09. The molecule has 7 nitrogen and oxygen atoms in total. The van der Waals surface area contributed by atoms with Crippen LogP contribution in [0.3, 0.4) is 0 Å². The van der Waals surface area contributed by atoms with Crippen molar-refractivity contribution in [3.63, 3.8) is 0 Å². The van der Waals surface area contributed by atoms with E-state index >= 15 is 0 Å². The number of carbonyl (C=O) groups is 2. The highest BCUT2D eigenvalue weighted by molar-refractivity contribution is 6.31. The SMILES string of the molecule is CC(C)n1ccnc1CNC(=O)[C@H]1OCC(=O)N[C@@H]1c1ccccc1Cl. The monoisotopic (exact) mass is 376 g/mol. The molecule has 0 radical (unpaired) electrons. The highest BCUT2D eigenvalue weighted by Crippen LogP contribution is 2.28. The number of benzene rings is 1. The van der Waals surface area contributed by atoms with Gasteiger partial charge >= 0.3 is 0 Å². The Morgan fingerprint density at radius 1 is 1.46 bits per heavy atom. The van der Waals surface area contributed by atoms with E-state index in [9.17, 15) is 9.59 Å². The van der Waals surface area contributed by atoms with Gasteiger partial charge in [0.1, 0.15) is 12.4 Å². The van der Waals surface area contributed by atoms with Gasteiger partial charge in [0.2, 0.25) is 5.91 Å². The van der Waals surface area contributed by atoms with E-state index in [-0.39, 0.29) is 31.0 Å². The zero-order chi connectivity index (χ0) is 18.7. The molecular formula is C18H21ClN4O3. The van der Waals surface area contributed by atoms with Crippen LogP contribution in [0.1, 0.15) is 37.3 Å². The first-order valence-electron chi connectivity index (χ1n) is 8.42. The fourth-order valence-electron chi connectivity index (χ4n) is 2.97. The highest BCUT2D eigenvalue weighted by Gasteiger charge is 2.37. The molecule has 26 heavy (non-hydrogen) atoms. The first-order chi connectivity index (χ1) is 12.5. The van der Waals surface area contributed by atoms with Crippen molar-refractivity contribution in [2.45, 2.75) is 38.6 Å². The van der Waals surface area contributed by atoms with Crippen molar-refractivity contribution in [1.82, 2.24) is 20.2 Å². The number of ether oxygens (including phenoxy) is 1. The van der Waals surface area contributed by atoms with Gasteiger partial charge in [-0.15, -0.1) is 0 Å². The summed E-state index contributed by atoms with van der Waals surface area (Å²) in [7, 11) is 0. The van der Waals surface area contributed by atoms with Crippen molar-refractivity contribution in [2.24, 2.45) is 0 Å². The fraction of sp³-hybridized carbons (Fsp3) is 0.389. The molecule has 1 aromatic heterocycles. The molecule has 1 fully saturated rings. The summed E-state index contributed by atoms with van der Waals surface area (Å²) in [5.74, 6) is 0.144. The van der Waals surface area contributed by atoms with Crippen molar-refractivity contribution in [3.05, 3.63) is 53.1 Å². The minimum Gasteiger partial charge on any atom is -0.356 e. The lowest BCUT2D eigenvalue weighted by molar-refractivity contribution is -0.148. The van der Waals surface area contributed by atoms with E-state index in [1.165, 1.54) is 0 Å². The second-order valence-electron chi connectivity index (χ2n) is 6.36. The van der Waals surface area contributed by atoms with Crippen LogP contribution >= 0.6 is 11.6 Å². The van der Waals surface area contributed by atoms with Crippen LogP contribution in [-0.4, -0.2) is 34.1 Å². The van der Waals surface area contributed by atoms with Gasteiger partial charge in [-0.25, -0.2) is 4.98 Å². The molecule has 3 rings (SSSR count). The molecule has 0 unspecified atom stereocenters. The quantitative estimate of drug-likeness (QED) is 0.835. The summed E-state index contributed by atoms with van der Waals surface area (Å²) in [5.41, 5.74) is 0.644. The van der Waals surface area contributed by atoms with E-state index in [0.29, 0.717) is 10.6 Å². The lowest BCUT2D eigenvalue weighted by Crippen LogP contribution is -2.52. The van der Waals surface area contributed by atoms with Crippen LogP contribution in [0, 0.1) is 0 Å². The van der Waals surface area contributed by atoms with E-state index in [0.717, 1.165) is 5.82 Å². The standard InChI is InChI=1S/C18H21ClN4O3/c1-11(2)23-8-7-20-14(23)9-21-18(25)17-16(22-15(24)10-26-17)12-5-3-4-6-13(12)19/h3-8,11,16-17H,9-10H2,1-2H3,(H,21,25)(H,22,24)/t16-,17+/m1/s1. The van der Waals surface area contributed by atoms with Crippen LogP contribution < -0.4 is 10.6 Å². The summed E-state index contributed by atoms with van der Waals surface area (Å²) < 4.78 is 7.49. The molecule has 0 saturated carbocycles. The molecule has 8 heteroatoms. The Labute approximate surface area is 156 Å². The number of nitrogens with one attached hydrogen (secondary N) is 2. The van der Waals surface area contributed by atoms with E-state index < -0.39 is 12.1 Å². The maximum Gasteiger partial charge on any atom is 0.252 e. The zero-order valence-corrected chi connectivity index (χ0v) is 15.4. The zero-order valence-electron chi connectivity index (χ0n) is 14.6. The van der Waals surface area contributed by atoms with Crippen molar-refractivity contribution in [3.8, 4) is 0 Å². The number of amides is 2. The van der Waals surface area contributed by atoms with Gasteiger partial charge in [-0.1, -0.05) is 29.8 Å². The van der Waals surface area contributed by atoms with Crippen LogP contribution in [0.5, 0.6) is 0 Å². The summed E-state index contributed by atoms with van der Waals surface area (Å²) in [6, 6.07) is 6.68. The third kappa shape index (κ3) is 3.89. The number of morpholine rings is 1. The maximum atomic E-state index is 12.7. The van der Waals surface area contributed by atoms with Gasteiger partial charge in [-0.2, -0.15) is 0 Å². The molecule has 1 aliphatic heterocycles. The fourth-order valence-corrected chi connectivity index (χ4v) is 3.22. The number of rotatable bonds is 5. The van der Waals surface area contributed by atoms with E-state index in [2.05, 4.69) is 15.6 Å². The predicted molar refractivity (Wildman–Crippen MR) is 96.5 cm³/mol. The normalized spacial score (nSPS) is 20.1. The van der Waals surface area contributed by atoms with Gasteiger partial charge in [0, 0.05) is 23.5 Å². The Balaban J connectivity index is 1.75. The van der Waals surface area contributed by atoms with Gasteiger partial charge in [0.25, 0.3) is 5.91 Å². The average molecular weight is 377 g/mol. The number of hydrogen-bond acceptors (Lipinski definition) is 4. The lowest BCUT2D eigenvalue weighted by Gasteiger charge is -2.32. The Hall–Kier alpha value is -2.38. The summed E-state index contributed by atoms with van der Waals surface area (Å²) in [4.78, 5) is 28.7. The molecule has 2 heterocycles. The highest BCUT2D eigenvalue weighted by atomic mass is 35.5. The number of hydrogen-bond donors (Lipinski definition) is 2. The number of carbonyl (C=O) groups excluding carboxylic acids is 2. The van der Waals surface area contributed by atoms with Crippen molar-refractivity contribution in [1.29, 1.82) is 0 Å². The van der Waals surface area contributed by atoms with E-state index in [4.69, 9.17) is 16.3 Å². The lowest BCUT2D eigenvalue weighted by atomic mass is 9.99. The number of halogens is 1. The van der Waals surface area contributed by atoms with Gasteiger partial charge < -0.3 is 19.9 Å². The molecule has 0 aliphatic carbocycles. The minimum absolute atomic E-state index is 0.167. The molecule has 1 aromatic carbocycles. The molecule has 1 aliphatic rings. The summed E-state index contributed by atoms with van der Waals surface area (Å²) in [6.07, 6.45) is 2.71. The topological polar surface area (TPSA) is 85.2 Å². The van der Waals surface area contributed by atoms with Crippen LogP contribution in [-0.2, 0) is 20.9 Å². The van der Waals surface area contributed by atoms with Crippen molar-refractivity contribution >= 4 is 23.4 Å². The van der Waals surface area contributed by atoms with Gasteiger partial charge in [0.15, 0.2) is 6.10 Å². The number of imidazole rings is 1. The van der Waals surface area contributed by atoms with Crippen molar-refractivity contribution < 1.29 is 14.3 Å². The third-order valence-corrected chi connectivity index (χ3v) is 4.58. The smallest absolute Gasteiger partial charge is 0.252 e. The Morgan fingerprint density at radius 2 is 2.23 bits per heavy atom. The van der Waals surface area contributed by atoms with Crippen molar-refractivity contribution in [2.75, 3.05) is 6.61 Å².